The van der Waals surface area contributed by atoms with Crippen LogP contribution in [0.1, 0.15) is 0 Å². The fourth-order valence-corrected chi connectivity index (χ4v) is 0.719. The number of hydrogen-bond acceptors (Lipinski definition) is 1. The normalized spacial score (nSPS) is 16.9. The topological polar surface area (TPSA) is 12.0 Å². The summed E-state index contributed by atoms with van der Waals surface area (Å²) >= 11 is 3.32. The number of nitrogens with one attached hydrogen (secondary N) is 1. The van der Waals surface area contributed by atoms with Crippen molar-refractivity contribution in [1.29, 1.82) is 0 Å². The van der Waals surface area contributed by atoms with Crippen LogP contribution in [0.3, 0.4) is 0 Å². The molecule has 0 aromatic rings. The zero-order chi connectivity index (χ0) is 5.82. The molecule has 0 amide bonds. The Labute approximate surface area is 56.9 Å². The molecule has 0 atom stereocenters. The Morgan fingerprint density at radius 2 is 2.25 bits per heavy atom. The quantitative estimate of drug-likeness (QED) is 0.588. The maximum atomic E-state index is 3.32. The predicted molar refractivity (Wildman–Crippen MR) is 38.4 cm³/mol. The SMILES string of the molecule is BrC1=CC=CNC=C1. The van der Waals surface area contributed by atoms with Gasteiger partial charge in [-0.3, -0.25) is 0 Å². The van der Waals surface area contributed by atoms with Crippen molar-refractivity contribution >= 4 is 15.9 Å². The molecule has 0 bridgehead atoms. The van der Waals surface area contributed by atoms with Gasteiger partial charge in [-0.2, -0.15) is 0 Å². The molecular formula is C6H6BrN. The van der Waals surface area contributed by atoms with Gasteiger partial charge in [0.15, 0.2) is 0 Å². The second-order valence-corrected chi connectivity index (χ2v) is 2.33. The number of hydrogen-bond donors (Lipinski definition) is 1. The van der Waals surface area contributed by atoms with E-state index in [2.05, 4.69) is 21.2 Å². The van der Waals surface area contributed by atoms with E-state index in [4.69, 9.17) is 0 Å². The molecule has 0 aromatic carbocycles. The first-order valence-corrected chi connectivity index (χ1v) is 3.14. The summed E-state index contributed by atoms with van der Waals surface area (Å²) in [5, 5.41) is 2.93. The molecule has 42 valence electrons. The molecule has 8 heavy (non-hydrogen) atoms. The second kappa shape index (κ2) is 2.72. The number of halogens is 1. The standard InChI is InChI=1S/C6H6BrN/c7-6-2-1-4-8-5-3-6/h1-5,8H. The van der Waals surface area contributed by atoms with E-state index in [1.807, 2.05) is 30.6 Å². The van der Waals surface area contributed by atoms with Gasteiger partial charge in [0.1, 0.15) is 0 Å². The maximum Gasteiger partial charge on any atom is 0.0190 e. The van der Waals surface area contributed by atoms with Crippen molar-refractivity contribution in [2.45, 2.75) is 0 Å². The lowest BCUT2D eigenvalue weighted by atomic mass is 10.5. The maximum absolute atomic E-state index is 3.32. The summed E-state index contributed by atoms with van der Waals surface area (Å²) < 4.78 is 1.08. The van der Waals surface area contributed by atoms with Crippen LogP contribution >= 0.6 is 15.9 Å². The fraction of sp³-hybridized carbons (Fsp3) is 0. The Bertz CT molecular complexity index is 156. The lowest BCUT2D eigenvalue weighted by Gasteiger charge is -1.81. The zero-order valence-electron chi connectivity index (χ0n) is 4.26. The average Bonchev–Trinajstić information content (AvgIpc) is 1.94. The number of rotatable bonds is 0. The third-order valence-electron chi connectivity index (χ3n) is 0.787. The molecule has 0 unspecified atom stereocenters. The Morgan fingerprint density at radius 1 is 1.38 bits per heavy atom. The Balaban J connectivity index is 2.73. The molecule has 1 N–H and O–H groups in total. The van der Waals surface area contributed by atoms with Crippen molar-refractivity contribution < 1.29 is 0 Å². The van der Waals surface area contributed by atoms with Gasteiger partial charge in [0.05, 0.1) is 0 Å². The van der Waals surface area contributed by atoms with Crippen LogP contribution in [0.5, 0.6) is 0 Å². The molecule has 1 aliphatic heterocycles. The molecule has 0 saturated carbocycles. The smallest absolute Gasteiger partial charge is 0.0190 e. The lowest BCUT2D eigenvalue weighted by molar-refractivity contribution is 1.20. The van der Waals surface area contributed by atoms with E-state index in [1.165, 1.54) is 0 Å². The van der Waals surface area contributed by atoms with Crippen molar-refractivity contribution in [1.82, 2.24) is 5.32 Å². The predicted octanol–water partition coefficient (Wildman–Crippen LogP) is 1.90. The van der Waals surface area contributed by atoms with Crippen LogP contribution in [-0.2, 0) is 0 Å². The monoisotopic (exact) mass is 171 g/mol. The minimum Gasteiger partial charge on any atom is -0.368 e. The molecule has 1 heterocycles. The van der Waals surface area contributed by atoms with Gasteiger partial charge in [-0.1, -0.05) is 15.9 Å². The minimum atomic E-state index is 1.08. The third-order valence-corrected chi connectivity index (χ3v) is 1.32. The van der Waals surface area contributed by atoms with Crippen molar-refractivity contribution in [3.8, 4) is 0 Å². The molecule has 0 radical (unpaired) electrons. The Hall–Kier alpha value is -0.500. The van der Waals surface area contributed by atoms with E-state index in [0.717, 1.165) is 4.48 Å². The van der Waals surface area contributed by atoms with E-state index < -0.39 is 0 Å². The first-order valence-electron chi connectivity index (χ1n) is 2.34. The lowest BCUT2D eigenvalue weighted by Crippen LogP contribution is -1.87. The van der Waals surface area contributed by atoms with Gasteiger partial charge in [-0.25, -0.2) is 0 Å². The van der Waals surface area contributed by atoms with E-state index >= 15 is 0 Å². The van der Waals surface area contributed by atoms with Gasteiger partial charge in [-0.05, 0) is 18.2 Å². The van der Waals surface area contributed by atoms with Crippen LogP contribution in [0.2, 0.25) is 0 Å². The van der Waals surface area contributed by atoms with Crippen molar-refractivity contribution in [2.75, 3.05) is 0 Å². The molecule has 1 nitrogen and oxygen atoms in total. The van der Waals surface area contributed by atoms with Crippen molar-refractivity contribution in [3.63, 3.8) is 0 Å². The highest BCUT2D eigenvalue weighted by Gasteiger charge is 1.81. The van der Waals surface area contributed by atoms with E-state index in [1.54, 1.807) is 0 Å². The molecule has 2 heteroatoms. The van der Waals surface area contributed by atoms with Crippen LogP contribution in [0, 0.1) is 0 Å². The van der Waals surface area contributed by atoms with Gasteiger partial charge in [0.2, 0.25) is 0 Å². The molecule has 0 aromatic heterocycles. The average molecular weight is 172 g/mol. The molecule has 0 saturated heterocycles. The second-order valence-electron chi connectivity index (χ2n) is 1.41. The summed E-state index contributed by atoms with van der Waals surface area (Å²) in [7, 11) is 0. The van der Waals surface area contributed by atoms with Crippen LogP contribution in [0.25, 0.3) is 0 Å². The van der Waals surface area contributed by atoms with Crippen molar-refractivity contribution in [2.24, 2.45) is 0 Å². The van der Waals surface area contributed by atoms with Gasteiger partial charge in [-0.15, -0.1) is 0 Å². The molecule has 1 rings (SSSR count). The fourth-order valence-electron chi connectivity index (χ4n) is 0.434. The molecular weight excluding hydrogens is 166 g/mol. The zero-order valence-corrected chi connectivity index (χ0v) is 5.85. The molecule has 0 fully saturated rings. The summed E-state index contributed by atoms with van der Waals surface area (Å²) in [6.45, 7) is 0. The van der Waals surface area contributed by atoms with Crippen LogP contribution in [0.15, 0.2) is 35.1 Å². The summed E-state index contributed by atoms with van der Waals surface area (Å²) in [5.74, 6) is 0. The third kappa shape index (κ3) is 1.54. The largest absolute Gasteiger partial charge is 0.368 e. The molecule has 1 aliphatic rings. The first-order chi connectivity index (χ1) is 3.89. The van der Waals surface area contributed by atoms with E-state index in [9.17, 15) is 0 Å². The summed E-state index contributed by atoms with van der Waals surface area (Å²) in [6, 6.07) is 0. The van der Waals surface area contributed by atoms with Gasteiger partial charge in [0.25, 0.3) is 0 Å². The van der Waals surface area contributed by atoms with E-state index in [-0.39, 0.29) is 0 Å². The highest BCUT2D eigenvalue weighted by Crippen LogP contribution is 2.06. The number of allylic oxidation sites excluding steroid dienone is 4. The summed E-state index contributed by atoms with van der Waals surface area (Å²) in [4.78, 5) is 0. The minimum absolute atomic E-state index is 1.08. The highest BCUT2D eigenvalue weighted by atomic mass is 79.9. The van der Waals surface area contributed by atoms with Gasteiger partial charge in [0, 0.05) is 16.9 Å². The van der Waals surface area contributed by atoms with Crippen LogP contribution in [0.4, 0.5) is 0 Å². The van der Waals surface area contributed by atoms with Crippen LogP contribution < -0.4 is 5.32 Å². The summed E-state index contributed by atoms with van der Waals surface area (Å²) in [6.07, 6.45) is 9.58. The van der Waals surface area contributed by atoms with E-state index in [0.29, 0.717) is 0 Å². The Morgan fingerprint density at radius 3 is 3.12 bits per heavy atom. The molecule has 0 spiro atoms. The van der Waals surface area contributed by atoms with Crippen LogP contribution in [-0.4, -0.2) is 0 Å². The Kier molecular flexibility index (Phi) is 1.92. The first kappa shape index (κ1) is 5.63. The van der Waals surface area contributed by atoms with Gasteiger partial charge < -0.3 is 5.32 Å². The van der Waals surface area contributed by atoms with Crippen molar-refractivity contribution in [3.05, 3.63) is 35.1 Å². The highest BCUT2D eigenvalue weighted by molar-refractivity contribution is 9.11. The molecule has 0 aliphatic carbocycles. The summed E-state index contributed by atoms with van der Waals surface area (Å²) in [5.41, 5.74) is 0. The van der Waals surface area contributed by atoms with Gasteiger partial charge >= 0.3 is 0 Å².